The van der Waals surface area contributed by atoms with Crippen LogP contribution in [0.15, 0.2) is 16.6 Å². The van der Waals surface area contributed by atoms with Crippen LogP contribution in [0.1, 0.15) is 52.1 Å². The summed E-state index contributed by atoms with van der Waals surface area (Å²) in [4.78, 5) is 0. The van der Waals surface area contributed by atoms with Gasteiger partial charge in [-0.2, -0.15) is 0 Å². The van der Waals surface area contributed by atoms with Gasteiger partial charge in [0.2, 0.25) is 0 Å². The normalized spacial score (nSPS) is 13.1. The highest BCUT2D eigenvalue weighted by Crippen LogP contribution is 2.42. The molecule has 0 bridgehead atoms. The van der Waals surface area contributed by atoms with Crippen LogP contribution < -0.4 is 14.8 Å². The molecule has 0 fully saturated rings. The molecule has 1 atom stereocenters. The van der Waals surface area contributed by atoms with Gasteiger partial charge in [-0.1, -0.05) is 27.7 Å². The number of ether oxygens (including phenoxy) is 2. The average Bonchev–Trinajstić information content (AvgIpc) is 2.41. The molecule has 0 heterocycles. The minimum absolute atomic E-state index is 0.239. The van der Waals surface area contributed by atoms with Gasteiger partial charge in [0.25, 0.3) is 0 Å². The molecule has 0 aliphatic rings. The SMILES string of the molecule is CCCNC(CC(C)(C)C)c1ccc(OC)c(Br)c1OC. The molecular weight excluding hydrogens is 330 g/mol. The monoisotopic (exact) mass is 357 g/mol. The fraction of sp³-hybridized carbons (Fsp3) is 0.647. The maximum atomic E-state index is 5.63. The first-order valence-electron chi connectivity index (χ1n) is 7.47. The highest BCUT2D eigenvalue weighted by Gasteiger charge is 2.24. The van der Waals surface area contributed by atoms with Gasteiger partial charge in [0.15, 0.2) is 0 Å². The molecule has 4 heteroatoms. The van der Waals surface area contributed by atoms with E-state index < -0.39 is 0 Å². The van der Waals surface area contributed by atoms with Crippen molar-refractivity contribution in [1.29, 1.82) is 0 Å². The molecule has 1 unspecified atom stereocenters. The molecule has 120 valence electrons. The van der Waals surface area contributed by atoms with Gasteiger partial charge in [0.05, 0.1) is 14.2 Å². The lowest BCUT2D eigenvalue weighted by Gasteiger charge is -2.29. The highest BCUT2D eigenvalue weighted by atomic mass is 79.9. The van der Waals surface area contributed by atoms with Gasteiger partial charge >= 0.3 is 0 Å². The van der Waals surface area contributed by atoms with Crippen LogP contribution in [0.25, 0.3) is 0 Å². The maximum Gasteiger partial charge on any atom is 0.141 e. The molecule has 0 aromatic heterocycles. The highest BCUT2D eigenvalue weighted by molar-refractivity contribution is 9.10. The van der Waals surface area contributed by atoms with E-state index in [2.05, 4.69) is 55.0 Å². The second kappa shape index (κ2) is 8.04. The van der Waals surface area contributed by atoms with E-state index in [4.69, 9.17) is 9.47 Å². The van der Waals surface area contributed by atoms with Crippen molar-refractivity contribution in [3.63, 3.8) is 0 Å². The Bertz CT molecular complexity index is 455. The van der Waals surface area contributed by atoms with Crippen molar-refractivity contribution in [2.24, 2.45) is 5.41 Å². The van der Waals surface area contributed by atoms with Crippen LogP contribution in [0.2, 0.25) is 0 Å². The summed E-state index contributed by atoms with van der Waals surface area (Å²) in [6.45, 7) is 9.96. The Morgan fingerprint density at radius 1 is 1.19 bits per heavy atom. The van der Waals surface area contributed by atoms with E-state index in [9.17, 15) is 0 Å². The maximum absolute atomic E-state index is 5.63. The molecule has 0 radical (unpaired) electrons. The summed E-state index contributed by atoms with van der Waals surface area (Å²) in [5, 5.41) is 3.64. The fourth-order valence-corrected chi connectivity index (χ4v) is 3.10. The zero-order chi connectivity index (χ0) is 16.0. The van der Waals surface area contributed by atoms with E-state index in [0.29, 0.717) is 0 Å². The molecule has 0 saturated heterocycles. The topological polar surface area (TPSA) is 30.5 Å². The van der Waals surface area contributed by atoms with Gasteiger partial charge in [-0.15, -0.1) is 0 Å². The van der Waals surface area contributed by atoms with Gasteiger partial charge in [-0.3, -0.25) is 0 Å². The van der Waals surface area contributed by atoms with E-state index in [1.807, 2.05) is 6.07 Å². The second-order valence-corrected chi connectivity index (χ2v) is 7.27. The lowest BCUT2D eigenvalue weighted by molar-refractivity contribution is 0.303. The number of hydrogen-bond acceptors (Lipinski definition) is 3. The van der Waals surface area contributed by atoms with Crippen molar-refractivity contribution in [2.45, 2.75) is 46.6 Å². The van der Waals surface area contributed by atoms with Crippen LogP contribution in [-0.4, -0.2) is 20.8 Å². The Hall–Kier alpha value is -0.740. The summed E-state index contributed by atoms with van der Waals surface area (Å²) in [5.41, 5.74) is 1.41. The van der Waals surface area contributed by atoms with Gasteiger partial charge in [0, 0.05) is 11.6 Å². The van der Waals surface area contributed by atoms with Crippen molar-refractivity contribution in [3.05, 3.63) is 22.2 Å². The average molecular weight is 358 g/mol. The number of benzene rings is 1. The molecule has 1 N–H and O–H groups in total. The van der Waals surface area contributed by atoms with Crippen LogP contribution in [0.5, 0.6) is 11.5 Å². The first-order valence-corrected chi connectivity index (χ1v) is 8.27. The Kier molecular flexibility index (Phi) is 7.01. The molecule has 0 aliphatic carbocycles. The zero-order valence-electron chi connectivity index (χ0n) is 14.0. The minimum atomic E-state index is 0.239. The number of hydrogen-bond donors (Lipinski definition) is 1. The van der Waals surface area contributed by atoms with Crippen molar-refractivity contribution in [1.82, 2.24) is 5.32 Å². The Morgan fingerprint density at radius 3 is 2.33 bits per heavy atom. The third-order valence-electron chi connectivity index (χ3n) is 3.35. The molecule has 0 spiro atoms. The van der Waals surface area contributed by atoms with E-state index in [-0.39, 0.29) is 11.5 Å². The molecule has 1 aromatic rings. The van der Waals surface area contributed by atoms with Crippen LogP contribution in [0.3, 0.4) is 0 Å². The Morgan fingerprint density at radius 2 is 1.86 bits per heavy atom. The van der Waals surface area contributed by atoms with Crippen molar-refractivity contribution >= 4 is 15.9 Å². The van der Waals surface area contributed by atoms with E-state index in [1.165, 1.54) is 5.56 Å². The van der Waals surface area contributed by atoms with Gasteiger partial charge in [0.1, 0.15) is 16.0 Å². The molecule has 21 heavy (non-hydrogen) atoms. The fourth-order valence-electron chi connectivity index (χ4n) is 2.42. The van der Waals surface area contributed by atoms with Gasteiger partial charge in [-0.25, -0.2) is 0 Å². The third kappa shape index (κ3) is 5.19. The number of nitrogens with one attached hydrogen (secondary N) is 1. The minimum Gasteiger partial charge on any atom is -0.495 e. The molecule has 3 nitrogen and oxygen atoms in total. The zero-order valence-corrected chi connectivity index (χ0v) is 15.6. The van der Waals surface area contributed by atoms with E-state index >= 15 is 0 Å². The Balaban J connectivity index is 3.19. The molecule has 1 rings (SSSR count). The van der Waals surface area contributed by atoms with Crippen molar-refractivity contribution in [3.8, 4) is 11.5 Å². The molecule has 0 aliphatic heterocycles. The van der Waals surface area contributed by atoms with E-state index in [0.717, 1.165) is 35.4 Å². The van der Waals surface area contributed by atoms with Crippen LogP contribution in [0, 0.1) is 5.41 Å². The smallest absolute Gasteiger partial charge is 0.141 e. The van der Waals surface area contributed by atoms with Crippen LogP contribution >= 0.6 is 15.9 Å². The molecule has 1 aromatic carbocycles. The summed E-state index contributed by atoms with van der Waals surface area (Å²) in [6.07, 6.45) is 2.16. The molecular formula is C17H28BrNO2. The Labute approximate surface area is 137 Å². The predicted octanol–water partition coefficient (Wildman–Crippen LogP) is 4.94. The van der Waals surface area contributed by atoms with Crippen molar-refractivity contribution in [2.75, 3.05) is 20.8 Å². The standard InChI is InChI=1S/C17H28BrNO2/c1-7-10-19-13(11-17(2,3)4)12-8-9-14(20-5)15(18)16(12)21-6/h8-9,13,19H,7,10-11H2,1-6H3. The number of methoxy groups -OCH3 is 2. The third-order valence-corrected chi connectivity index (χ3v) is 4.10. The lowest BCUT2D eigenvalue weighted by atomic mass is 9.85. The predicted molar refractivity (Wildman–Crippen MR) is 92.4 cm³/mol. The van der Waals surface area contributed by atoms with Crippen LogP contribution in [-0.2, 0) is 0 Å². The number of rotatable bonds is 7. The number of halogens is 1. The van der Waals surface area contributed by atoms with Crippen LogP contribution in [0.4, 0.5) is 0 Å². The van der Waals surface area contributed by atoms with Gasteiger partial charge < -0.3 is 14.8 Å². The largest absolute Gasteiger partial charge is 0.495 e. The summed E-state index contributed by atoms with van der Waals surface area (Å²) < 4.78 is 11.9. The first-order chi connectivity index (χ1) is 9.84. The summed E-state index contributed by atoms with van der Waals surface area (Å²) in [7, 11) is 3.37. The summed E-state index contributed by atoms with van der Waals surface area (Å²) in [5.74, 6) is 1.65. The van der Waals surface area contributed by atoms with Crippen molar-refractivity contribution < 1.29 is 9.47 Å². The molecule has 0 amide bonds. The van der Waals surface area contributed by atoms with E-state index in [1.54, 1.807) is 14.2 Å². The second-order valence-electron chi connectivity index (χ2n) is 6.48. The first kappa shape index (κ1) is 18.3. The summed E-state index contributed by atoms with van der Waals surface area (Å²) >= 11 is 3.59. The molecule has 0 saturated carbocycles. The summed E-state index contributed by atoms with van der Waals surface area (Å²) in [6, 6.07) is 4.36. The quantitative estimate of drug-likeness (QED) is 0.749. The van der Waals surface area contributed by atoms with Gasteiger partial charge in [-0.05, 0) is 52.9 Å². The lowest BCUT2D eigenvalue weighted by Crippen LogP contribution is -2.27.